The summed E-state index contributed by atoms with van der Waals surface area (Å²) in [7, 11) is 4.59. The van der Waals surface area contributed by atoms with Crippen LogP contribution in [-0.2, 0) is 19.1 Å². The van der Waals surface area contributed by atoms with Crippen molar-refractivity contribution in [3.8, 4) is 28.7 Å². The van der Waals surface area contributed by atoms with Crippen molar-refractivity contribution in [2.24, 2.45) is 11.8 Å². The molecule has 48 heavy (non-hydrogen) atoms. The van der Waals surface area contributed by atoms with Gasteiger partial charge in [-0.2, -0.15) is 0 Å². The number of rotatable bonds is 9. The molecule has 0 saturated carbocycles. The van der Waals surface area contributed by atoms with Crippen LogP contribution in [0.5, 0.6) is 28.7 Å². The molecule has 0 N–H and O–H groups in total. The molecule has 3 aliphatic heterocycles. The number of carbonyl (C=O) groups excluding carboxylic acids is 2. The third-order valence-electron chi connectivity index (χ3n) is 9.57. The molecule has 0 bridgehead atoms. The normalized spacial score (nSPS) is 22.7. The molecule has 2 saturated heterocycles. The van der Waals surface area contributed by atoms with Gasteiger partial charge in [-0.1, -0.05) is 0 Å². The number of fused-ring (bicyclic) bond motifs is 3. The molecule has 14 heteroatoms. The lowest BCUT2D eigenvalue weighted by Crippen LogP contribution is -2.48. The zero-order chi connectivity index (χ0) is 33.5. The van der Waals surface area contributed by atoms with Gasteiger partial charge < -0.3 is 38.1 Å². The Morgan fingerprint density at radius 3 is 2.15 bits per heavy atom. The number of piperazine rings is 1. The molecular formula is C34H35N3O11. The third kappa shape index (κ3) is 5.55. The lowest BCUT2D eigenvalue weighted by atomic mass is 9.66. The number of benzene rings is 3. The van der Waals surface area contributed by atoms with Crippen LogP contribution in [0.25, 0.3) is 0 Å². The molecule has 7 rings (SSSR count). The fourth-order valence-corrected chi connectivity index (χ4v) is 7.25. The second-order valence-electron chi connectivity index (χ2n) is 12.0. The Hall–Kier alpha value is -5.24. The van der Waals surface area contributed by atoms with E-state index in [1.54, 1.807) is 12.1 Å². The number of anilines is 1. The predicted molar refractivity (Wildman–Crippen MR) is 169 cm³/mol. The summed E-state index contributed by atoms with van der Waals surface area (Å²) in [6.07, 6.45) is -0.766. The Labute approximate surface area is 276 Å². The van der Waals surface area contributed by atoms with Gasteiger partial charge in [0.05, 0.1) is 45.3 Å². The van der Waals surface area contributed by atoms with E-state index in [0.29, 0.717) is 60.5 Å². The Balaban J connectivity index is 1.15. The first-order valence-electron chi connectivity index (χ1n) is 15.6. The van der Waals surface area contributed by atoms with Crippen molar-refractivity contribution in [1.29, 1.82) is 0 Å². The van der Waals surface area contributed by atoms with Crippen LogP contribution in [0.4, 0.5) is 11.4 Å². The van der Waals surface area contributed by atoms with E-state index in [2.05, 4.69) is 4.90 Å². The van der Waals surface area contributed by atoms with E-state index in [9.17, 15) is 19.7 Å². The largest absolute Gasteiger partial charge is 0.493 e. The van der Waals surface area contributed by atoms with E-state index < -0.39 is 34.8 Å². The van der Waals surface area contributed by atoms with E-state index in [1.807, 2.05) is 29.2 Å². The number of carbonyl (C=O) groups is 2. The van der Waals surface area contributed by atoms with Crippen molar-refractivity contribution in [2.45, 2.75) is 12.0 Å². The fourth-order valence-electron chi connectivity index (χ4n) is 7.25. The highest BCUT2D eigenvalue weighted by atomic mass is 16.7. The van der Waals surface area contributed by atoms with E-state index in [-0.39, 0.29) is 31.6 Å². The van der Waals surface area contributed by atoms with Gasteiger partial charge in [0, 0.05) is 61.4 Å². The lowest BCUT2D eigenvalue weighted by Gasteiger charge is -2.39. The number of non-ortho nitro benzene ring substituents is 1. The summed E-state index contributed by atoms with van der Waals surface area (Å²) < 4.78 is 40.1. The number of hydrogen-bond donors (Lipinski definition) is 0. The molecule has 2 fully saturated rings. The minimum absolute atomic E-state index is 0.0415. The number of cyclic esters (lactones) is 1. The molecule has 0 radical (unpaired) electrons. The summed E-state index contributed by atoms with van der Waals surface area (Å²) in [6, 6.07) is 13.8. The first-order valence-corrected chi connectivity index (χ1v) is 15.6. The molecule has 4 aliphatic rings. The monoisotopic (exact) mass is 661 g/mol. The van der Waals surface area contributed by atoms with Crippen molar-refractivity contribution < 1.29 is 47.7 Å². The molecule has 252 valence electrons. The molecule has 3 heterocycles. The molecule has 14 nitrogen and oxygen atoms in total. The molecule has 0 spiro atoms. The number of nitro groups is 1. The van der Waals surface area contributed by atoms with Crippen LogP contribution in [0.15, 0.2) is 48.5 Å². The topological polar surface area (TPSA) is 148 Å². The predicted octanol–water partition coefficient (Wildman–Crippen LogP) is 3.69. The van der Waals surface area contributed by atoms with Crippen LogP contribution in [0, 0.1) is 22.0 Å². The van der Waals surface area contributed by atoms with Crippen molar-refractivity contribution >= 4 is 23.3 Å². The number of methoxy groups -OCH3 is 3. The number of nitrogens with zero attached hydrogens (tertiary/aromatic N) is 3. The van der Waals surface area contributed by atoms with E-state index in [4.69, 9.17) is 33.2 Å². The van der Waals surface area contributed by atoms with Gasteiger partial charge in [-0.25, -0.2) is 0 Å². The maximum absolute atomic E-state index is 13.6. The van der Waals surface area contributed by atoms with Gasteiger partial charge in [0.1, 0.15) is 6.10 Å². The average Bonchev–Trinajstić information content (AvgIpc) is 3.73. The highest BCUT2D eigenvalue weighted by Gasteiger charge is 2.54. The first-order chi connectivity index (χ1) is 23.3. The van der Waals surface area contributed by atoms with E-state index >= 15 is 0 Å². The summed E-state index contributed by atoms with van der Waals surface area (Å²) >= 11 is 0. The Morgan fingerprint density at radius 2 is 1.54 bits per heavy atom. The molecule has 3 aromatic rings. The average molecular weight is 662 g/mol. The van der Waals surface area contributed by atoms with Crippen molar-refractivity contribution in [1.82, 2.24) is 4.90 Å². The summed E-state index contributed by atoms with van der Waals surface area (Å²) in [5.41, 5.74) is 3.14. The van der Waals surface area contributed by atoms with Gasteiger partial charge in [0.25, 0.3) is 5.69 Å². The zero-order valence-corrected chi connectivity index (χ0v) is 26.7. The Bertz CT molecular complexity index is 1710. The van der Waals surface area contributed by atoms with Gasteiger partial charge in [-0.05, 0) is 47.5 Å². The van der Waals surface area contributed by atoms with Crippen molar-refractivity contribution in [3.63, 3.8) is 0 Å². The van der Waals surface area contributed by atoms with Crippen LogP contribution in [0.2, 0.25) is 0 Å². The maximum Gasteiger partial charge on any atom is 0.320 e. The second kappa shape index (κ2) is 12.8. The van der Waals surface area contributed by atoms with Crippen LogP contribution in [0.3, 0.4) is 0 Å². The van der Waals surface area contributed by atoms with Crippen LogP contribution >= 0.6 is 0 Å². The van der Waals surface area contributed by atoms with Crippen molar-refractivity contribution in [3.05, 3.63) is 75.3 Å². The molecule has 0 amide bonds. The highest BCUT2D eigenvalue weighted by Crippen LogP contribution is 2.56. The van der Waals surface area contributed by atoms with Crippen molar-refractivity contribution in [2.75, 3.05) is 72.4 Å². The summed E-state index contributed by atoms with van der Waals surface area (Å²) in [6.45, 7) is 2.69. The van der Waals surface area contributed by atoms with Gasteiger partial charge >= 0.3 is 11.9 Å². The van der Waals surface area contributed by atoms with Gasteiger partial charge in [-0.15, -0.1) is 0 Å². The number of ether oxygens (including phenoxy) is 7. The lowest BCUT2D eigenvalue weighted by molar-refractivity contribution is -0.384. The van der Waals surface area contributed by atoms with Gasteiger partial charge in [0.15, 0.2) is 23.0 Å². The van der Waals surface area contributed by atoms with Gasteiger partial charge in [-0.3, -0.25) is 24.6 Å². The molecular weight excluding hydrogens is 626 g/mol. The fraction of sp³-hybridized carbons (Fsp3) is 0.412. The summed E-state index contributed by atoms with van der Waals surface area (Å²) in [5, 5.41) is 11.0. The SMILES string of the molecule is COc1cc([C@@H]2c3cc4c(cc3[C@H](OC(=O)CN3CCN(c5ccc([N+](=O)[O-])cc5)CC3)[C@H]3COC(=O)[C@H]23)OCO4)cc(OC)c1OC. The minimum atomic E-state index is -0.766. The third-order valence-corrected chi connectivity index (χ3v) is 9.57. The summed E-state index contributed by atoms with van der Waals surface area (Å²) in [5.74, 6) is -0.0413. The number of esters is 2. The Morgan fingerprint density at radius 1 is 0.896 bits per heavy atom. The standard InChI is InChI=1S/C34H35N3O11/c1-42-27-12-19(13-28(43-2)33(27)44-3)30-22-14-25-26(47-18-46-25)15-23(22)32(24-17-45-34(39)31(24)30)48-29(38)16-35-8-10-36(11-9-35)20-4-6-21(7-5-20)37(40)41/h4-7,12-15,24,30-32H,8-11,16-18H2,1-3H3/t24-,30+,31-,32-/m0/s1. The van der Waals surface area contributed by atoms with E-state index in [1.165, 1.54) is 33.5 Å². The summed E-state index contributed by atoms with van der Waals surface area (Å²) in [4.78, 5) is 41.8. The smallest absolute Gasteiger partial charge is 0.320 e. The zero-order valence-electron chi connectivity index (χ0n) is 26.7. The quantitative estimate of drug-likeness (QED) is 0.187. The Kier molecular flexibility index (Phi) is 8.33. The number of hydrogen-bond acceptors (Lipinski definition) is 13. The molecule has 4 atom stereocenters. The van der Waals surface area contributed by atoms with Crippen LogP contribution in [-0.4, -0.2) is 89.2 Å². The molecule has 0 aromatic heterocycles. The van der Waals surface area contributed by atoms with Crippen LogP contribution in [0.1, 0.15) is 28.7 Å². The second-order valence-corrected chi connectivity index (χ2v) is 12.0. The van der Waals surface area contributed by atoms with Gasteiger partial charge in [0.2, 0.25) is 12.5 Å². The minimum Gasteiger partial charge on any atom is -0.493 e. The first kappa shape index (κ1) is 31.4. The molecule has 0 unspecified atom stereocenters. The van der Waals surface area contributed by atoms with Crippen LogP contribution < -0.4 is 28.6 Å². The molecule has 1 aliphatic carbocycles. The highest BCUT2D eigenvalue weighted by molar-refractivity contribution is 5.79. The number of nitro benzene ring substituents is 1. The maximum atomic E-state index is 13.6. The molecule has 3 aromatic carbocycles. The van der Waals surface area contributed by atoms with E-state index in [0.717, 1.165) is 16.8 Å².